The Labute approximate surface area is 77.6 Å². The van der Waals surface area contributed by atoms with Crippen LogP contribution in [0.4, 0.5) is 0 Å². The summed E-state index contributed by atoms with van der Waals surface area (Å²) < 4.78 is 5.03. The van der Waals surface area contributed by atoms with Crippen LogP contribution >= 0.6 is 0 Å². The number of hydrogen-bond acceptors (Lipinski definition) is 3. The van der Waals surface area contributed by atoms with E-state index in [0.717, 1.165) is 11.3 Å². The van der Waals surface area contributed by atoms with Crippen molar-refractivity contribution in [1.29, 1.82) is 0 Å². The molecule has 13 heavy (non-hydrogen) atoms. The number of nitrogens with zero attached hydrogens (tertiary/aromatic N) is 1. The van der Waals surface area contributed by atoms with E-state index in [2.05, 4.69) is 5.16 Å². The maximum Gasteiger partial charge on any atom is 0.118 e. The van der Waals surface area contributed by atoms with E-state index < -0.39 is 0 Å². The number of rotatable bonds is 3. The zero-order chi connectivity index (χ0) is 9.68. The number of oxime groups is 1. The Morgan fingerprint density at radius 1 is 1.38 bits per heavy atom. The summed E-state index contributed by atoms with van der Waals surface area (Å²) in [5, 5.41) is 11.3. The molecule has 70 valence electrons. The minimum Gasteiger partial charge on any atom is -0.497 e. The normalized spacial score (nSPS) is 13.1. The van der Waals surface area contributed by atoms with Crippen molar-refractivity contribution in [3.05, 3.63) is 29.8 Å². The third kappa shape index (κ3) is 2.47. The molecule has 0 radical (unpaired) electrons. The van der Waals surface area contributed by atoms with Gasteiger partial charge in [-0.3, -0.25) is 0 Å². The summed E-state index contributed by atoms with van der Waals surface area (Å²) in [6.07, 6.45) is 1.49. The van der Waals surface area contributed by atoms with Gasteiger partial charge in [0.1, 0.15) is 5.75 Å². The van der Waals surface area contributed by atoms with Gasteiger partial charge in [0.25, 0.3) is 0 Å². The van der Waals surface area contributed by atoms with Crippen molar-refractivity contribution < 1.29 is 9.94 Å². The van der Waals surface area contributed by atoms with Crippen LogP contribution in [0.3, 0.4) is 0 Å². The molecule has 0 heterocycles. The van der Waals surface area contributed by atoms with E-state index in [1.165, 1.54) is 6.21 Å². The monoisotopic (exact) mass is 179 g/mol. The molecule has 0 spiro atoms. The second-order valence-corrected chi connectivity index (χ2v) is 2.83. The standard InChI is InChI=1S/C10H13NO2/c1-8(7-11-12)9-3-5-10(13-2)6-4-9/h3-8,12H,1-2H3. The number of hydrogen-bond donors (Lipinski definition) is 1. The molecule has 3 heteroatoms. The Morgan fingerprint density at radius 3 is 2.46 bits per heavy atom. The Balaban J connectivity index is 2.79. The molecule has 0 bridgehead atoms. The molecule has 0 amide bonds. The molecule has 0 aromatic heterocycles. The van der Waals surface area contributed by atoms with Crippen LogP contribution in [0.15, 0.2) is 29.4 Å². The van der Waals surface area contributed by atoms with E-state index in [0.29, 0.717) is 0 Å². The lowest BCUT2D eigenvalue weighted by Gasteiger charge is -2.05. The van der Waals surface area contributed by atoms with Gasteiger partial charge in [0.2, 0.25) is 0 Å². The summed E-state index contributed by atoms with van der Waals surface area (Å²) >= 11 is 0. The molecule has 1 aromatic carbocycles. The predicted octanol–water partition coefficient (Wildman–Crippen LogP) is 2.26. The van der Waals surface area contributed by atoms with Crippen molar-refractivity contribution in [1.82, 2.24) is 0 Å². The predicted molar refractivity (Wildman–Crippen MR) is 51.7 cm³/mol. The van der Waals surface area contributed by atoms with Crippen molar-refractivity contribution in [3.8, 4) is 5.75 Å². The maximum absolute atomic E-state index is 8.34. The lowest BCUT2D eigenvalue weighted by molar-refractivity contribution is 0.320. The van der Waals surface area contributed by atoms with Crippen LogP contribution in [0.2, 0.25) is 0 Å². The van der Waals surface area contributed by atoms with Crippen molar-refractivity contribution in [2.24, 2.45) is 5.16 Å². The number of methoxy groups -OCH3 is 1. The van der Waals surface area contributed by atoms with Gasteiger partial charge < -0.3 is 9.94 Å². The highest BCUT2D eigenvalue weighted by Gasteiger charge is 2.01. The first-order chi connectivity index (χ1) is 6.27. The summed E-state index contributed by atoms with van der Waals surface area (Å²) in [5.41, 5.74) is 1.10. The molecule has 0 aliphatic heterocycles. The van der Waals surface area contributed by atoms with Crippen molar-refractivity contribution >= 4 is 6.21 Å². The SMILES string of the molecule is COc1ccc(C(C)C=NO)cc1. The van der Waals surface area contributed by atoms with Crippen molar-refractivity contribution in [2.75, 3.05) is 7.11 Å². The maximum atomic E-state index is 8.34. The first kappa shape index (κ1) is 9.58. The van der Waals surface area contributed by atoms with Gasteiger partial charge in [-0.1, -0.05) is 19.1 Å². The minimum absolute atomic E-state index is 0.121. The highest BCUT2D eigenvalue weighted by Crippen LogP contribution is 2.17. The van der Waals surface area contributed by atoms with E-state index in [9.17, 15) is 0 Å². The number of ether oxygens (including phenoxy) is 1. The molecule has 1 rings (SSSR count). The second kappa shape index (κ2) is 4.50. The Bertz CT molecular complexity index is 279. The molecule has 0 fully saturated rings. The van der Waals surface area contributed by atoms with Crippen LogP contribution < -0.4 is 4.74 Å². The highest BCUT2D eigenvalue weighted by atomic mass is 16.5. The average Bonchev–Trinajstić information content (AvgIpc) is 2.18. The molecular formula is C10H13NO2. The van der Waals surface area contributed by atoms with Crippen LogP contribution in [-0.4, -0.2) is 18.5 Å². The molecule has 0 aliphatic carbocycles. The van der Waals surface area contributed by atoms with Crippen LogP contribution in [-0.2, 0) is 0 Å². The van der Waals surface area contributed by atoms with E-state index in [1.807, 2.05) is 31.2 Å². The molecule has 0 aliphatic rings. The Morgan fingerprint density at radius 2 is 2.00 bits per heavy atom. The lowest BCUT2D eigenvalue weighted by atomic mass is 10.0. The van der Waals surface area contributed by atoms with E-state index in [-0.39, 0.29) is 5.92 Å². The van der Waals surface area contributed by atoms with Gasteiger partial charge in [-0.05, 0) is 17.7 Å². The van der Waals surface area contributed by atoms with Crippen molar-refractivity contribution in [3.63, 3.8) is 0 Å². The van der Waals surface area contributed by atoms with E-state index in [4.69, 9.17) is 9.94 Å². The van der Waals surface area contributed by atoms with Gasteiger partial charge in [0, 0.05) is 5.92 Å². The third-order valence-electron chi connectivity index (χ3n) is 1.93. The minimum atomic E-state index is 0.121. The first-order valence-corrected chi connectivity index (χ1v) is 4.09. The van der Waals surface area contributed by atoms with Crippen LogP contribution in [0, 0.1) is 0 Å². The van der Waals surface area contributed by atoms with Gasteiger partial charge in [-0.25, -0.2) is 0 Å². The molecular weight excluding hydrogens is 166 g/mol. The van der Waals surface area contributed by atoms with Crippen LogP contribution in [0.25, 0.3) is 0 Å². The summed E-state index contributed by atoms with van der Waals surface area (Å²) in [6, 6.07) is 7.67. The number of benzene rings is 1. The molecule has 1 N–H and O–H groups in total. The summed E-state index contributed by atoms with van der Waals surface area (Å²) in [7, 11) is 1.63. The van der Waals surface area contributed by atoms with Crippen molar-refractivity contribution in [2.45, 2.75) is 12.8 Å². The second-order valence-electron chi connectivity index (χ2n) is 2.83. The first-order valence-electron chi connectivity index (χ1n) is 4.09. The highest BCUT2D eigenvalue weighted by molar-refractivity contribution is 5.66. The topological polar surface area (TPSA) is 41.8 Å². The molecule has 3 nitrogen and oxygen atoms in total. The smallest absolute Gasteiger partial charge is 0.118 e. The van der Waals surface area contributed by atoms with Crippen LogP contribution in [0.5, 0.6) is 5.75 Å². The molecule has 0 saturated carbocycles. The zero-order valence-electron chi connectivity index (χ0n) is 7.77. The largest absolute Gasteiger partial charge is 0.497 e. The quantitative estimate of drug-likeness (QED) is 0.439. The average molecular weight is 179 g/mol. The fourth-order valence-electron chi connectivity index (χ4n) is 1.09. The van der Waals surface area contributed by atoms with E-state index in [1.54, 1.807) is 7.11 Å². The van der Waals surface area contributed by atoms with Gasteiger partial charge in [0.15, 0.2) is 0 Å². The molecule has 1 aromatic rings. The molecule has 1 unspecified atom stereocenters. The molecule has 1 atom stereocenters. The zero-order valence-corrected chi connectivity index (χ0v) is 7.77. The fourth-order valence-corrected chi connectivity index (χ4v) is 1.09. The Hall–Kier alpha value is -1.51. The van der Waals surface area contributed by atoms with Gasteiger partial charge in [0.05, 0.1) is 13.3 Å². The van der Waals surface area contributed by atoms with Gasteiger partial charge >= 0.3 is 0 Å². The third-order valence-corrected chi connectivity index (χ3v) is 1.93. The van der Waals surface area contributed by atoms with Gasteiger partial charge in [-0.2, -0.15) is 0 Å². The van der Waals surface area contributed by atoms with E-state index >= 15 is 0 Å². The fraction of sp³-hybridized carbons (Fsp3) is 0.300. The van der Waals surface area contributed by atoms with Gasteiger partial charge in [-0.15, -0.1) is 5.16 Å². The van der Waals surface area contributed by atoms with Crippen LogP contribution in [0.1, 0.15) is 18.4 Å². The molecule has 0 saturated heterocycles. The lowest BCUT2D eigenvalue weighted by Crippen LogP contribution is -1.94. The summed E-state index contributed by atoms with van der Waals surface area (Å²) in [4.78, 5) is 0. The Kier molecular flexibility index (Phi) is 3.31. The summed E-state index contributed by atoms with van der Waals surface area (Å²) in [6.45, 7) is 1.96. The summed E-state index contributed by atoms with van der Waals surface area (Å²) in [5.74, 6) is 0.952.